The number of carbonyl (C=O) groups excluding carboxylic acids is 2. The molecule has 3 N–H and O–H groups in total. The molecule has 1 rings (SSSR count). The second kappa shape index (κ2) is 6.39. The zero-order chi connectivity index (χ0) is 14.4. The van der Waals surface area contributed by atoms with Gasteiger partial charge in [-0.05, 0) is 25.1 Å². The van der Waals surface area contributed by atoms with Crippen LogP contribution in [0.1, 0.15) is 6.92 Å². The van der Waals surface area contributed by atoms with E-state index in [2.05, 4.69) is 17.2 Å². The Kier molecular flexibility index (Phi) is 4.88. The summed E-state index contributed by atoms with van der Waals surface area (Å²) in [6.45, 7) is 5.14. The molecule has 0 radical (unpaired) electrons. The molecule has 19 heavy (non-hydrogen) atoms. The summed E-state index contributed by atoms with van der Waals surface area (Å²) in [4.78, 5) is 23.1. The summed E-state index contributed by atoms with van der Waals surface area (Å²) in [6.07, 6.45) is 1.40. The molecule has 0 aliphatic heterocycles. The third-order valence-corrected chi connectivity index (χ3v) is 2.37. The standard InChI is InChI=1S/C14H16N2O3/c1-9(13(18)15-3)7-10(2)14(19)16-11-5-4-6-12(17)8-11/h4-8,17H,1H2,2-3H3,(H,15,18)(H,16,19)/b10-7+. The van der Waals surface area contributed by atoms with Crippen molar-refractivity contribution < 1.29 is 14.7 Å². The SMILES string of the molecule is C=C(/C=C(\C)C(=O)Nc1cccc(O)c1)C(=O)NC. The van der Waals surface area contributed by atoms with Gasteiger partial charge in [-0.25, -0.2) is 0 Å². The Labute approximate surface area is 111 Å². The fourth-order valence-electron chi connectivity index (χ4n) is 1.37. The van der Waals surface area contributed by atoms with Crippen molar-refractivity contribution in [2.45, 2.75) is 6.92 Å². The molecule has 5 heteroatoms. The molecule has 0 fully saturated rings. The Bertz CT molecular complexity index is 547. The number of hydrogen-bond acceptors (Lipinski definition) is 3. The summed E-state index contributed by atoms with van der Waals surface area (Å²) >= 11 is 0. The van der Waals surface area contributed by atoms with Crippen LogP contribution in [0.15, 0.2) is 48.1 Å². The third-order valence-electron chi connectivity index (χ3n) is 2.37. The molecule has 0 aliphatic rings. The predicted octanol–water partition coefficient (Wildman–Crippen LogP) is 1.58. The Hall–Kier alpha value is -2.56. The van der Waals surface area contributed by atoms with Gasteiger partial charge >= 0.3 is 0 Å². The lowest BCUT2D eigenvalue weighted by atomic mass is 10.1. The number of amides is 2. The lowest BCUT2D eigenvalue weighted by Crippen LogP contribution is -2.19. The second-order valence-electron chi connectivity index (χ2n) is 3.94. The summed E-state index contributed by atoms with van der Waals surface area (Å²) in [5.41, 5.74) is 1.02. The van der Waals surface area contributed by atoms with Gasteiger partial charge < -0.3 is 15.7 Å². The molecule has 0 saturated carbocycles. The van der Waals surface area contributed by atoms with Gasteiger partial charge in [0.05, 0.1) is 0 Å². The van der Waals surface area contributed by atoms with E-state index in [-0.39, 0.29) is 23.1 Å². The molecule has 0 heterocycles. The van der Waals surface area contributed by atoms with Crippen molar-refractivity contribution in [1.29, 1.82) is 0 Å². The van der Waals surface area contributed by atoms with E-state index >= 15 is 0 Å². The molecule has 0 spiro atoms. The molecule has 0 aliphatic carbocycles. The fraction of sp³-hybridized carbons (Fsp3) is 0.143. The minimum Gasteiger partial charge on any atom is -0.508 e. The Morgan fingerprint density at radius 2 is 2.00 bits per heavy atom. The number of carbonyl (C=O) groups is 2. The van der Waals surface area contributed by atoms with Crippen molar-refractivity contribution >= 4 is 17.5 Å². The van der Waals surface area contributed by atoms with Gasteiger partial charge in [-0.15, -0.1) is 0 Å². The van der Waals surface area contributed by atoms with Gasteiger partial charge in [-0.2, -0.15) is 0 Å². The maximum Gasteiger partial charge on any atom is 0.251 e. The molecule has 1 aromatic rings. The number of rotatable bonds is 4. The monoisotopic (exact) mass is 260 g/mol. The second-order valence-corrected chi connectivity index (χ2v) is 3.94. The number of hydrogen-bond donors (Lipinski definition) is 3. The van der Waals surface area contributed by atoms with Crippen LogP contribution in [-0.4, -0.2) is 24.0 Å². The van der Waals surface area contributed by atoms with Gasteiger partial charge in [-0.1, -0.05) is 12.6 Å². The van der Waals surface area contributed by atoms with E-state index in [0.29, 0.717) is 11.3 Å². The lowest BCUT2D eigenvalue weighted by Gasteiger charge is -2.06. The Morgan fingerprint density at radius 3 is 2.58 bits per heavy atom. The van der Waals surface area contributed by atoms with Crippen LogP contribution >= 0.6 is 0 Å². The highest BCUT2D eigenvalue weighted by Gasteiger charge is 2.08. The van der Waals surface area contributed by atoms with E-state index in [0.717, 1.165) is 0 Å². The van der Waals surface area contributed by atoms with Crippen molar-refractivity contribution in [1.82, 2.24) is 5.32 Å². The van der Waals surface area contributed by atoms with Crippen LogP contribution in [-0.2, 0) is 9.59 Å². The number of likely N-dealkylation sites (N-methyl/N-ethyl adjacent to an activating group) is 1. The zero-order valence-electron chi connectivity index (χ0n) is 10.9. The van der Waals surface area contributed by atoms with Crippen LogP contribution in [0.4, 0.5) is 5.69 Å². The summed E-state index contributed by atoms with van der Waals surface area (Å²) in [6, 6.07) is 6.20. The first-order chi connectivity index (χ1) is 8.93. The largest absolute Gasteiger partial charge is 0.508 e. The van der Waals surface area contributed by atoms with Gasteiger partial charge in [0.15, 0.2) is 0 Å². The number of benzene rings is 1. The molecule has 0 atom stereocenters. The highest BCUT2D eigenvalue weighted by molar-refractivity contribution is 6.05. The minimum atomic E-state index is -0.365. The van der Waals surface area contributed by atoms with Crippen molar-refractivity contribution in [3.05, 3.63) is 48.1 Å². The highest BCUT2D eigenvalue weighted by Crippen LogP contribution is 2.16. The van der Waals surface area contributed by atoms with Gasteiger partial charge in [0.2, 0.25) is 5.91 Å². The average Bonchev–Trinajstić information content (AvgIpc) is 2.37. The maximum atomic E-state index is 11.8. The lowest BCUT2D eigenvalue weighted by molar-refractivity contribution is -0.116. The van der Waals surface area contributed by atoms with Crippen LogP contribution in [0, 0.1) is 0 Å². The summed E-state index contributed by atoms with van der Waals surface area (Å²) in [5.74, 6) is -0.644. The molecule has 2 amide bonds. The van der Waals surface area contributed by atoms with Gasteiger partial charge in [0, 0.05) is 29.9 Å². The third kappa shape index (κ3) is 4.31. The topological polar surface area (TPSA) is 78.4 Å². The zero-order valence-corrected chi connectivity index (χ0v) is 10.9. The van der Waals surface area contributed by atoms with Crippen LogP contribution in [0.5, 0.6) is 5.75 Å². The smallest absolute Gasteiger partial charge is 0.251 e. The maximum absolute atomic E-state index is 11.8. The predicted molar refractivity (Wildman–Crippen MR) is 73.7 cm³/mol. The summed E-state index contributed by atoms with van der Waals surface area (Å²) in [5, 5.41) is 14.3. The Morgan fingerprint density at radius 1 is 1.32 bits per heavy atom. The van der Waals surface area contributed by atoms with Crippen LogP contribution in [0.3, 0.4) is 0 Å². The first-order valence-electron chi connectivity index (χ1n) is 5.63. The number of phenolic OH excluding ortho intramolecular Hbond substituents is 1. The molecule has 0 aromatic heterocycles. The van der Waals surface area contributed by atoms with E-state index in [1.165, 1.54) is 25.3 Å². The molecular formula is C14H16N2O3. The molecule has 0 unspecified atom stereocenters. The van der Waals surface area contributed by atoms with Crippen molar-refractivity contribution in [3.8, 4) is 5.75 Å². The molecule has 5 nitrogen and oxygen atoms in total. The van der Waals surface area contributed by atoms with Gasteiger partial charge in [0.25, 0.3) is 5.91 Å². The van der Waals surface area contributed by atoms with Crippen LogP contribution < -0.4 is 10.6 Å². The van der Waals surface area contributed by atoms with Gasteiger partial charge in [-0.3, -0.25) is 9.59 Å². The summed E-state index contributed by atoms with van der Waals surface area (Å²) in [7, 11) is 1.49. The number of anilines is 1. The van der Waals surface area contributed by atoms with E-state index < -0.39 is 0 Å². The number of nitrogens with one attached hydrogen (secondary N) is 2. The van der Waals surface area contributed by atoms with Crippen LogP contribution in [0.2, 0.25) is 0 Å². The van der Waals surface area contributed by atoms with Crippen LogP contribution in [0.25, 0.3) is 0 Å². The van der Waals surface area contributed by atoms with E-state index in [9.17, 15) is 14.7 Å². The fourth-order valence-corrected chi connectivity index (χ4v) is 1.37. The van der Waals surface area contributed by atoms with E-state index in [1.807, 2.05) is 0 Å². The van der Waals surface area contributed by atoms with Crippen molar-refractivity contribution in [2.24, 2.45) is 0 Å². The van der Waals surface area contributed by atoms with Gasteiger partial charge in [0.1, 0.15) is 5.75 Å². The molecule has 1 aromatic carbocycles. The number of aromatic hydroxyl groups is 1. The Balaban J connectivity index is 2.75. The quantitative estimate of drug-likeness (QED) is 0.568. The normalized spacial score (nSPS) is 10.7. The van der Waals surface area contributed by atoms with E-state index in [1.54, 1.807) is 19.1 Å². The minimum absolute atomic E-state index is 0.0641. The summed E-state index contributed by atoms with van der Waals surface area (Å²) < 4.78 is 0. The molecule has 0 bridgehead atoms. The van der Waals surface area contributed by atoms with E-state index in [4.69, 9.17) is 0 Å². The van der Waals surface area contributed by atoms with Crippen molar-refractivity contribution in [2.75, 3.05) is 12.4 Å². The molecular weight excluding hydrogens is 244 g/mol. The average molecular weight is 260 g/mol. The van der Waals surface area contributed by atoms with Crippen molar-refractivity contribution in [3.63, 3.8) is 0 Å². The molecule has 0 saturated heterocycles. The first kappa shape index (κ1) is 14.5. The highest BCUT2D eigenvalue weighted by atomic mass is 16.3. The molecule has 100 valence electrons. The first-order valence-corrected chi connectivity index (χ1v) is 5.63. The number of phenols is 1.